The maximum Gasteiger partial charge on any atom is 0.305 e. The minimum atomic E-state index is -0.0850. The normalized spacial score (nSPS) is 23.5. The maximum absolute atomic E-state index is 10.9. The molecule has 15 heavy (non-hydrogen) atoms. The van der Waals surface area contributed by atoms with Crippen molar-refractivity contribution in [2.24, 2.45) is 5.92 Å². The van der Waals surface area contributed by atoms with Gasteiger partial charge in [0.2, 0.25) is 0 Å². The molecule has 0 bridgehead atoms. The van der Waals surface area contributed by atoms with Crippen LogP contribution < -0.4 is 0 Å². The van der Waals surface area contributed by atoms with Crippen molar-refractivity contribution in [3.8, 4) is 0 Å². The Kier molecular flexibility index (Phi) is 5.69. The molecule has 3 heteroatoms. The highest BCUT2D eigenvalue weighted by molar-refractivity contribution is 5.69. The van der Waals surface area contributed by atoms with Gasteiger partial charge in [-0.2, -0.15) is 0 Å². The van der Waals surface area contributed by atoms with E-state index in [1.807, 2.05) is 0 Å². The molecule has 1 heterocycles. The molecule has 0 aromatic rings. The van der Waals surface area contributed by atoms with Gasteiger partial charge in [0, 0.05) is 6.42 Å². The third kappa shape index (κ3) is 5.17. The van der Waals surface area contributed by atoms with Crippen LogP contribution in [0.4, 0.5) is 0 Å². The lowest BCUT2D eigenvalue weighted by molar-refractivity contribution is -0.140. The van der Waals surface area contributed by atoms with Gasteiger partial charge in [-0.1, -0.05) is 6.92 Å². The van der Waals surface area contributed by atoms with E-state index < -0.39 is 0 Å². The molecule has 1 rings (SSSR count). The molecule has 0 aromatic heterocycles. The van der Waals surface area contributed by atoms with Crippen molar-refractivity contribution in [2.75, 3.05) is 26.7 Å². The van der Waals surface area contributed by atoms with Gasteiger partial charge < -0.3 is 9.64 Å². The minimum Gasteiger partial charge on any atom is -0.469 e. The lowest BCUT2D eigenvalue weighted by Gasteiger charge is -2.19. The predicted octanol–water partition coefficient (Wildman–Crippen LogP) is 2.06. The van der Waals surface area contributed by atoms with Gasteiger partial charge in [-0.25, -0.2) is 0 Å². The van der Waals surface area contributed by atoms with E-state index in [2.05, 4.69) is 16.6 Å². The summed E-state index contributed by atoms with van der Waals surface area (Å²) in [6.07, 6.45) is 5.45. The standard InChI is InChI=1S/C12H23NO2/c1-11-5-3-8-13(10-7-11)9-4-6-12(14)15-2/h11H,3-10H2,1-2H3. The van der Waals surface area contributed by atoms with Crippen molar-refractivity contribution in [1.29, 1.82) is 0 Å². The van der Waals surface area contributed by atoms with Gasteiger partial charge in [-0.15, -0.1) is 0 Å². The van der Waals surface area contributed by atoms with Gasteiger partial charge in [0.15, 0.2) is 0 Å². The molecular formula is C12H23NO2. The Labute approximate surface area is 92.8 Å². The van der Waals surface area contributed by atoms with Crippen molar-refractivity contribution in [2.45, 2.75) is 39.0 Å². The highest BCUT2D eigenvalue weighted by Gasteiger charge is 2.13. The summed E-state index contributed by atoms with van der Waals surface area (Å²) in [5.74, 6) is 0.786. The number of hydrogen-bond donors (Lipinski definition) is 0. The summed E-state index contributed by atoms with van der Waals surface area (Å²) in [7, 11) is 1.45. The average molecular weight is 213 g/mol. The first-order valence-electron chi connectivity index (χ1n) is 6.01. The second-order valence-corrected chi connectivity index (χ2v) is 4.56. The number of esters is 1. The van der Waals surface area contributed by atoms with Crippen molar-refractivity contribution < 1.29 is 9.53 Å². The summed E-state index contributed by atoms with van der Waals surface area (Å²) in [6.45, 7) is 5.77. The Hall–Kier alpha value is -0.570. The van der Waals surface area contributed by atoms with Crippen LogP contribution in [0.25, 0.3) is 0 Å². The Bertz CT molecular complexity index is 194. The Morgan fingerprint density at radius 1 is 1.40 bits per heavy atom. The fourth-order valence-electron chi connectivity index (χ4n) is 2.10. The first-order chi connectivity index (χ1) is 7.22. The van der Waals surface area contributed by atoms with Crippen LogP contribution in [0.3, 0.4) is 0 Å². The molecule has 3 nitrogen and oxygen atoms in total. The SMILES string of the molecule is COC(=O)CCCN1CCCC(C)CC1. The lowest BCUT2D eigenvalue weighted by atomic mass is 10.0. The van der Waals surface area contributed by atoms with Crippen molar-refractivity contribution in [1.82, 2.24) is 4.90 Å². The summed E-state index contributed by atoms with van der Waals surface area (Å²) in [5.41, 5.74) is 0. The zero-order chi connectivity index (χ0) is 11.1. The molecule has 1 aliphatic heterocycles. The van der Waals surface area contributed by atoms with E-state index in [0.29, 0.717) is 6.42 Å². The zero-order valence-electron chi connectivity index (χ0n) is 10.00. The number of likely N-dealkylation sites (tertiary alicyclic amines) is 1. The fourth-order valence-corrected chi connectivity index (χ4v) is 2.10. The molecular weight excluding hydrogens is 190 g/mol. The van der Waals surface area contributed by atoms with Crippen LogP contribution in [0.5, 0.6) is 0 Å². The minimum absolute atomic E-state index is 0.0850. The van der Waals surface area contributed by atoms with E-state index in [0.717, 1.165) is 18.9 Å². The summed E-state index contributed by atoms with van der Waals surface area (Å²) in [6, 6.07) is 0. The van der Waals surface area contributed by atoms with Gasteiger partial charge in [-0.3, -0.25) is 4.79 Å². The fraction of sp³-hybridized carbons (Fsp3) is 0.917. The first-order valence-corrected chi connectivity index (χ1v) is 6.01. The summed E-state index contributed by atoms with van der Waals surface area (Å²) in [4.78, 5) is 13.4. The Balaban J connectivity index is 2.12. The van der Waals surface area contributed by atoms with Crippen LogP contribution in [0, 0.1) is 5.92 Å². The van der Waals surface area contributed by atoms with Crippen LogP contribution in [0.2, 0.25) is 0 Å². The van der Waals surface area contributed by atoms with E-state index in [4.69, 9.17) is 0 Å². The van der Waals surface area contributed by atoms with Crippen LogP contribution in [-0.2, 0) is 9.53 Å². The molecule has 1 saturated heterocycles. The molecule has 88 valence electrons. The van der Waals surface area contributed by atoms with Crippen LogP contribution in [-0.4, -0.2) is 37.6 Å². The zero-order valence-corrected chi connectivity index (χ0v) is 10.00. The number of nitrogens with zero attached hydrogens (tertiary/aromatic N) is 1. The largest absolute Gasteiger partial charge is 0.469 e. The number of ether oxygens (including phenoxy) is 1. The van der Waals surface area contributed by atoms with Gasteiger partial charge in [0.1, 0.15) is 0 Å². The van der Waals surface area contributed by atoms with Crippen molar-refractivity contribution >= 4 is 5.97 Å². The molecule has 0 N–H and O–H groups in total. The predicted molar refractivity (Wildman–Crippen MR) is 60.7 cm³/mol. The third-order valence-electron chi connectivity index (χ3n) is 3.19. The average Bonchev–Trinajstić information content (AvgIpc) is 2.43. The lowest BCUT2D eigenvalue weighted by Crippen LogP contribution is -2.26. The van der Waals surface area contributed by atoms with E-state index in [-0.39, 0.29) is 5.97 Å². The highest BCUT2D eigenvalue weighted by atomic mass is 16.5. The summed E-state index contributed by atoms with van der Waals surface area (Å²) in [5, 5.41) is 0. The summed E-state index contributed by atoms with van der Waals surface area (Å²) >= 11 is 0. The van der Waals surface area contributed by atoms with E-state index >= 15 is 0 Å². The van der Waals surface area contributed by atoms with E-state index in [9.17, 15) is 4.79 Å². The second kappa shape index (κ2) is 6.83. The van der Waals surface area contributed by atoms with E-state index in [1.54, 1.807) is 0 Å². The molecule has 0 radical (unpaired) electrons. The number of rotatable bonds is 4. The van der Waals surface area contributed by atoms with Crippen LogP contribution in [0.15, 0.2) is 0 Å². The molecule has 0 amide bonds. The number of methoxy groups -OCH3 is 1. The summed E-state index contributed by atoms with van der Waals surface area (Å²) < 4.78 is 4.62. The van der Waals surface area contributed by atoms with Crippen LogP contribution >= 0.6 is 0 Å². The second-order valence-electron chi connectivity index (χ2n) is 4.56. The molecule has 1 fully saturated rings. The third-order valence-corrected chi connectivity index (χ3v) is 3.19. The molecule has 0 aromatic carbocycles. The van der Waals surface area contributed by atoms with Gasteiger partial charge >= 0.3 is 5.97 Å². The highest BCUT2D eigenvalue weighted by Crippen LogP contribution is 2.16. The van der Waals surface area contributed by atoms with Gasteiger partial charge in [0.05, 0.1) is 7.11 Å². The molecule has 0 aliphatic carbocycles. The maximum atomic E-state index is 10.9. The topological polar surface area (TPSA) is 29.5 Å². The van der Waals surface area contributed by atoms with Gasteiger partial charge in [-0.05, 0) is 51.2 Å². The molecule has 1 atom stereocenters. The van der Waals surface area contributed by atoms with Gasteiger partial charge in [0.25, 0.3) is 0 Å². The van der Waals surface area contributed by atoms with Crippen molar-refractivity contribution in [3.63, 3.8) is 0 Å². The number of carbonyl (C=O) groups excluding carboxylic acids is 1. The first kappa shape index (κ1) is 12.5. The molecule has 0 spiro atoms. The van der Waals surface area contributed by atoms with Crippen molar-refractivity contribution in [3.05, 3.63) is 0 Å². The molecule has 1 aliphatic rings. The number of hydrogen-bond acceptors (Lipinski definition) is 3. The monoisotopic (exact) mass is 213 g/mol. The quantitative estimate of drug-likeness (QED) is 0.669. The molecule has 0 saturated carbocycles. The Morgan fingerprint density at radius 2 is 2.20 bits per heavy atom. The number of carbonyl (C=O) groups is 1. The molecule has 1 unspecified atom stereocenters. The van der Waals surface area contributed by atoms with E-state index in [1.165, 1.54) is 39.5 Å². The Morgan fingerprint density at radius 3 is 2.93 bits per heavy atom. The van der Waals surface area contributed by atoms with Crippen LogP contribution in [0.1, 0.15) is 39.0 Å². The smallest absolute Gasteiger partial charge is 0.305 e.